The van der Waals surface area contributed by atoms with Crippen molar-refractivity contribution >= 4 is 75.3 Å². The SMILES string of the molecule is C[Si](=[Zr+2])c1ccccc1.[Cl-].[Cl-].c1ccc2c(c1)c1ccccc1c1[cH-]ccc21.c1ccc2c(c1)c1ccccc1c1[cH-]ccc21. The van der Waals surface area contributed by atoms with E-state index in [4.69, 9.17) is 0 Å². The van der Waals surface area contributed by atoms with Gasteiger partial charge in [0.25, 0.3) is 0 Å². The van der Waals surface area contributed by atoms with Crippen LogP contribution in [0.15, 0.2) is 164 Å². The first-order valence-corrected chi connectivity index (χ1v) is 20.4. The number of fused-ring (bicyclic) bond motifs is 12. The average Bonchev–Trinajstić information content (AvgIpc) is 3.78. The van der Waals surface area contributed by atoms with Crippen LogP contribution in [0.4, 0.5) is 0 Å². The summed E-state index contributed by atoms with van der Waals surface area (Å²) in [5.74, 6) is 0. The summed E-state index contributed by atoms with van der Waals surface area (Å²) >= 11 is 1.69. The molecule has 0 radical (unpaired) electrons. The molecule has 0 bridgehead atoms. The molecule has 0 saturated carbocycles. The minimum atomic E-state index is -0.122. The zero-order valence-corrected chi connectivity index (χ0v) is 29.8. The maximum absolute atomic E-state index is 2.35. The third-order valence-electron chi connectivity index (χ3n) is 8.29. The number of rotatable bonds is 1. The van der Waals surface area contributed by atoms with Crippen LogP contribution in [0.5, 0.6) is 0 Å². The molecule has 218 valence electrons. The van der Waals surface area contributed by atoms with E-state index in [1.807, 2.05) is 0 Å². The fraction of sp³-hybridized carbons (Fsp3) is 0.0244. The van der Waals surface area contributed by atoms with E-state index in [9.17, 15) is 0 Å². The molecular formula is C41H30Cl2SiZr-2. The van der Waals surface area contributed by atoms with Gasteiger partial charge in [0.05, 0.1) is 0 Å². The molecule has 0 amide bonds. The summed E-state index contributed by atoms with van der Waals surface area (Å²) in [7, 11) is 0. The molecule has 0 aliphatic rings. The molecule has 0 N–H and O–H groups in total. The maximum Gasteiger partial charge on any atom is -0.0293 e. The van der Waals surface area contributed by atoms with Gasteiger partial charge in [-0.1, -0.05) is 129 Å². The van der Waals surface area contributed by atoms with E-state index >= 15 is 0 Å². The number of hydrogen-bond acceptors (Lipinski definition) is 0. The van der Waals surface area contributed by atoms with Crippen LogP contribution in [0.1, 0.15) is 0 Å². The molecular weight excluding hydrogens is 683 g/mol. The zero-order chi connectivity index (χ0) is 29.2. The van der Waals surface area contributed by atoms with Crippen LogP contribution < -0.4 is 30.0 Å². The number of halogens is 2. The Morgan fingerprint density at radius 1 is 0.378 bits per heavy atom. The Balaban J connectivity index is 0.000000137. The van der Waals surface area contributed by atoms with Crippen molar-refractivity contribution < 1.29 is 48.1 Å². The van der Waals surface area contributed by atoms with Gasteiger partial charge in [-0.25, -0.2) is 0 Å². The first-order valence-electron chi connectivity index (χ1n) is 14.7. The van der Waals surface area contributed by atoms with E-state index in [0.29, 0.717) is 0 Å². The van der Waals surface area contributed by atoms with Crippen LogP contribution in [0, 0.1) is 0 Å². The Bertz CT molecular complexity index is 2100. The van der Waals surface area contributed by atoms with Crippen LogP contribution >= 0.6 is 0 Å². The molecule has 0 heterocycles. The van der Waals surface area contributed by atoms with E-state index in [2.05, 4.69) is 170 Å². The van der Waals surface area contributed by atoms with E-state index < -0.39 is 0 Å². The molecule has 0 saturated heterocycles. The smallest absolute Gasteiger partial charge is 0.0293 e. The van der Waals surface area contributed by atoms with E-state index in [0.717, 1.165) is 0 Å². The Morgan fingerprint density at radius 3 is 0.956 bits per heavy atom. The zero-order valence-electron chi connectivity index (χ0n) is 24.8. The molecule has 0 nitrogen and oxygen atoms in total. The predicted molar refractivity (Wildman–Crippen MR) is 187 cm³/mol. The molecule has 4 heteroatoms. The molecule has 0 aliphatic carbocycles. The van der Waals surface area contributed by atoms with Crippen molar-refractivity contribution in [3.05, 3.63) is 164 Å². The number of hydrogen-bond donors (Lipinski definition) is 0. The average molecular weight is 713 g/mol. The monoisotopic (exact) mass is 710 g/mol. The molecule has 0 aliphatic heterocycles. The van der Waals surface area contributed by atoms with Crippen molar-refractivity contribution in [2.24, 2.45) is 0 Å². The van der Waals surface area contributed by atoms with Gasteiger partial charge in [0.1, 0.15) is 0 Å². The van der Waals surface area contributed by atoms with Crippen molar-refractivity contribution in [3.8, 4) is 0 Å². The van der Waals surface area contributed by atoms with Gasteiger partial charge in [0, 0.05) is 0 Å². The summed E-state index contributed by atoms with van der Waals surface area (Å²) in [6.45, 7) is 2.35. The van der Waals surface area contributed by atoms with Gasteiger partial charge in [0.15, 0.2) is 0 Å². The fourth-order valence-electron chi connectivity index (χ4n) is 6.28. The molecule has 9 rings (SSSR count). The van der Waals surface area contributed by atoms with Crippen molar-refractivity contribution in [3.63, 3.8) is 0 Å². The predicted octanol–water partition coefficient (Wildman–Crippen LogP) is 4.80. The standard InChI is InChI=1S/2C17H11.C7H8Si.2ClH.Zr/c2*1-3-8-14-12(6-1)13-7-2-4-9-15(13)17-11-5-10-16(14)17;1-8-7-5-3-2-4-6-7;;;/h2*1-11H;2-6H,1H3;2*1H;/q2*-1;;;;+2/p-2. The van der Waals surface area contributed by atoms with Crippen LogP contribution in [-0.4, -0.2) is 5.43 Å². The van der Waals surface area contributed by atoms with Crippen molar-refractivity contribution in [2.75, 3.05) is 0 Å². The number of benzene rings is 7. The molecule has 0 fully saturated rings. The fourth-order valence-corrected chi connectivity index (χ4v) is 8.20. The second-order valence-electron chi connectivity index (χ2n) is 10.9. The largest absolute Gasteiger partial charge is 1.00 e. The summed E-state index contributed by atoms with van der Waals surface area (Å²) in [5, 5.41) is 17.8. The topological polar surface area (TPSA) is 0 Å². The minimum absolute atomic E-state index is 0. The maximum atomic E-state index is 2.35. The van der Waals surface area contributed by atoms with Crippen molar-refractivity contribution in [1.29, 1.82) is 0 Å². The minimum Gasteiger partial charge on any atom is -1.00 e. The quantitative estimate of drug-likeness (QED) is 0.131. The van der Waals surface area contributed by atoms with Crippen molar-refractivity contribution in [1.82, 2.24) is 0 Å². The van der Waals surface area contributed by atoms with Crippen LogP contribution in [0.25, 0.3) is 64.6 Å². The summed E-state index contributed by atoms with van der Waals surface area (Å²) in [5.41, 5.74) is -0.122. The third-order valence-corrected chi connectivity index (χ3v) is 11.6. The summed E-state index contributed by atoms with van der Waals surface area (Å²) in [4.78, 5) is 0. The molecule has 0 atom stereocenters. The van der Waals surface area contributed by atoms with Gasteiger partial charge in [-0.05, 0) is 10.8 Å². The Morgan fingerprint density at radius 2 is 0.644 bits per heavy atom. The van der Waals surface area contributed by atoms with Gasteiger partial charge < -0.3 is 24.8 Å². The second kappa shape index (κ2) is 14.7. The second-order valence-corrected chi connectivity index (χ2v) is 18.2. The molecule has 0 spiro atoms. The first-order chi connectivity index (χ1) is 21.2. The molecule has 9 aromatic rings. The van der Waals surface area contributed by atoms with Gasteiger partial charge >= 0.3 is 70.8 Å². The summed E-state index contributed by atoms with van der Waals surface area (Å²) in [6, 6.07) is 58.5. The Labute approximate surface area is 291 Å². The van der Waals surface area contributed by atoms with E-state index in [-0.39, 0.29) is 30.2 Å². The molecule has 0 aromatic heterocycles. The Kier molecular flexibility index (Phi) is 10.7. The van der Waals surface area contributed by atoms with E-state index in [1.165, 1.54) is 64.6 Å². The molecule has 9 aromatic carbocycles. The molecule has 45 heavy (non-hydrogen) atoms. The Hall–Kier alpha value is -3.52. The summed E-state index contributed by atoms with van der Waals surface area (Å²) in [6.07, 6.45) is 0. The van der Waals surface area contributed by atoms with Crippen LogP contribution in [-0.2, 0) is 23.3 Å². The van der Waals surface area contributed by atoms with Gasteiger partial charge in [-0.3, -0.25) is 0 Å². The van der Waals surface area contributed by atoms with Gasteiger partial charge in [-0.2, -0.15) is 24.3 Å². The van der Waals surface area contributed by atoms with Gasteiger partial charge in [-0.15, -0.1) is 33.7 Å². The summed E-state index contributed by atoms with van der Waals surface area (Å²) < 4.78 is 0. The first kappa shape index (κ1) is 32.9. The van der Waals surface area contributed by atoms with Crippen LogP contribution in [0.2, 0.25) is 6.55 Å². The molecule has 0 unspecified atom stereocenters. The third kappa shape index (κ3) is 6.44. The normalized spacial score (nSPS) is 10.6. The van der Waals surface area contributed by atoms with Gasteiger partial charge in [0.2, 0.25) is 0 Å². The van der Waals surface area contributed by atoms with Crippen molar-refractivity contribution in [2.45, 2.75) is 6.55 Å². The van der Waals surface area contributed by atoms with Crippen LogP contribution in [0.3, 0.4) is 0 Å². The van der Waals surface area contributed by atoms with E-state index in [1.54, 1.807) is 28.5 Å².